The zero-order valence-electron chi connectivity index (χ0n) is 14.6. The van der Waals surface area contributed by atoms with Crippen molar-refractivity contribution in [1.82, 2.24) is 14.1 Å². The van der Waals surface area contributed by atoms with Crippen molar-refractivity contribution in [2.75, 3.05) is 32.7 Å². The number of primary amides is 1. The van der Waals surface area contributed by atoms with Crippen molar-refractivity contribution in [3.8, 4) is 0 Å². The number of carbonyl (C=O) groups is 2. The minimum absolute atomic E-state index is 0.0418. The van der Waals surface area contributed by atoms with Gasteiger partial charge >= 0.3 is 6.03 Å². The molecule has 3 amide bonds. The van der Waals surface area contributed by atoms with Gasteiger partial charge < -0.3 is 15.5 Å². The lowest BCUT2D eigenvalue weighted by Crippen LogP contribution is -2.55. The fraction of sp³-hybridized carbons (Fsp3) is 0.529. The van der Waals surface area contributed by atoms with Crippen LogP contribution in [0.5, 0.6) is 0 Å². The van der Waals surface area contributed by atoms with Gasteiger partial charge in [-0.15, -0.1) is 0 Å². The highest BCUT2D eigenvalue weighted by molar-refractivity contribution is 7.88. The average Bonchev–Trinajstić information content (AvgIpc) is 3.12. The summed E-state index contributed by atoms with van der Waals surface area (Å²) < 4.78 is 26.6. The van der Waals surface area contributed by atoms with Gasteiger partial charge in [-0.25, -0.2) is 13.2 Å². The van der Waals surface area contributed by atoms with E-state index in [-0.39, 0.29) is 24.7 Å². The van der Waals surface area contributed by atoms with Crippen LogP contribution in [0.25, 0.3) is 0 Å². The summed E-state index contributed by atoms with van der Waals surface area (Å²) in [6, 6.07) is 7.95. The summed E-state index contributed by atoms with van der Waals surface area (Å²) >= 11 is 0. The Kier molecular flexibility index (Phi) is 5.47. The van der Waals surface area contributed by atoms with Crippen molar-refractivity contribution in [1.29, 1.82) is 0 Å². The number of sulfonamides is 1. The van der Waals surface area contributed by atoms with Gasteiger partial charge in [-0.1, -0.05) is 30.3 Å². The summed E-state index contributed by atoms with van der Waals surface area (Å²) in [5, 5.41) is 0. The van der Waals surface area contributed by atoms with E-state index >= 15 is 0 Å². The maximum atomic E-state index is 12.7. The van der Waals surface area contributed by atoms with E-state index in [1.807, 2.05) is 18.2 Å². The third kappa shape index (κ3) is 3.99. The van der Waals surface area contributed by atoms with E-state index in [1.165, 1.54) is 9.21 Å². The second-order valence-corrected chi connectivity index (χ2v) is 8.62. The molecule has 1 atom stereocenters. The van der Waals surface area contributed by atoms with Crippen molar-refractivity contribution in [3.05, 3.63) is 35.9 Å². The molecule has 2 fully saturated rings. The van der Waals surface area contributed by atoms with Crippen molar-refractivity contribution in [3.63, 3.8) is 0 Å². The Morgan fingerprint density at radius 1 is 1.04 bits per heavy atom. The molecule has 0 saturated carbocycles. The number of benzene rings is 1. The smallest absolute Gasteiger partial charge is 0.315 e. The number of hydrogen-bond acceptors (Lipinski definition) is 4. The van der Waals surface area contributed by atoms with Crippen LogP contribution in [0.15, 0.2) is 30.3 Å². The van der Waals surface area contributed by atoms with Gasteiger partial charge in [0.1, 0.15) is 6.04 Å². The molecule has 0 aliphatic carbocycles. The highest BCUT2D eigenvalue weighted by atomic mass is 32.2. The first kappa shape index (κ1) is 18.7. The molecular weight excluding hydrogens is 356 g/mol. The maximum Gasteiger partial charge on any atom is 0.315 e. The molecule has 8 nitrogen and oxygen atoms in total. The number of likely N-dealkylation sites (tertiary alicyclic amines) is 1. The standard InChI is InChI=1S/C17H24N4O4S/c18-17(23)21-8-4-7-15(21)16(22)19-9-11-20(12-10-19)26(24,25)13-14-5-2-1-3-6-14/h1-3,5-6,15H,4,7-13H2,(H2,18,23). The molecule has 9 heteroatoms. The largest absolute Gasteiger partial charge is 0.351 e. The van der Waals surface area contributed by atoms with Crippen molar-refractivity contribution < 1.29 is 18.0 Å². The quantitative estimate of drug-likeness (QED) is 0.806. The van der Waals surface area contributed by atoms with Gasteiger partial charge in [-0.05, 0) is 18.4 Å². The Labute approximate surface area is 153 Å². The Morgan fingerprint density at radius 3 is 2.31 bits per heavy atom. The SMILES string of the molecule is NC(=O)N1CCCC1C(=O)N1CCN(S(=O)(=O)Cc2ccccc2)CC1. The summed E-state index contributed by atoms with van der Waals surface area (Å²) in [6.45, 7) is 1.69. The molecule has 0 bridgehead atoms. The lowest BCUT2D eigenvalue weighted by Gasteiger charge is -2.36. The lowest BCUT2D eigenvalue weighted by molar-refractivity contribution is -0.136. The zero-order chi connectivity index (χ0) is 18.7. The fourth-order valence-corrected chi connectivity index (χ4v) is 5.08. The molecule has 2 aliphatic heterocycles. The first-order chi connectivity index (χ1) is 12.4. The fourth-order valence-electron chi connectivity index (χ4n) is 3.56. The van der Waals surface area contributed by atoms with Crippen LogP contribution in [0.1, 0.15) is 18.4 Å². The van der Waals surface area contributed by atoms with Crippen LogP contribution in [-0.4, -0.2) is 73.2 Å². The average molecular weight is 380 g/mol. The van der Waals surface area contributed by atoms with Crippen molar-refractivity contribution in [2.24, 2.45) is 5.73 Å². The summed E-state index contributed by atoms with van der Waals surface area (Å²) in [4.78, 5) is 27.2. The highest BCUT2D eigenvalue weighted by Gasteiger charge is 2.37. The summed E-state index contributed by atoms with van der Waals surface area (Å²) in [6.07, 6.45) is 1.36. The van der Waals surface area contributed by atoms with E-state index in [4.69, 9.17) is 5.73 Å². The predicted molar refractivity (Wildman–Crippen MR) is 96.5 cm³/mol. The Morgan fingerprint density at radius 2 is 1.69 bits per heavy atom. The van der Waals surface area contributed by atoms with Crippen molar-refractivity contribution in [2.45, 2.75) is 24.6 Å². The second-order valence-electron chi connectivity index (χ2n) is 6.66. The number of nitrogens with zero attached hydrogens (tertiary/aromatic N) is 3. The van der Waals surface area contributed by atoms with E-state index in [0.29, 0.717) is 26.1 Å². The lowest BCUT2D eigenvalue weighted by atomic mass is 10.2. The van der Waals surface area contributed by atoms with Gasteiger partial charge in [0.05, 0.1) is 5.75 Å². The molecule has 2 heterocycles. The van der Waals surface area contributed by atoms with Crippen LogP contribution in [-0.2, 0) is 20.6 Å². The molecule has 1 unspecified atom stereocenters. The minimum atomic E-state index is -3.42. The summed E-state index contributed by atoms with van der Waals surface area (Å²) in [7, 11) is -3.42. The van der Waals surface area contributed by atoms with Gasteiger partial charge in [-0.2, -0.15) is 4.31 Å². The first-order valence-corrected chi connectivity index (χ1v) is 10.4. The monoisotopic (exact) mass is 380 g/mol. The van der Waals surface area contributed by atoms with Crippen LogP contribution in [0.4, 0.5) is 4.79 Å². The topological polar surface area (TPSA) is 104 Å². The molecule has 26 heavy (non-hydrogen) atoms. The van der Waals surface area contributed by atoms with Crippen LogP contribution in [0.2, 0.25) is 0 Å². The number of piperazine rings is 1. The number of nitrogens with two attached hydrogens (primary N) is 1. The molecule has 1 aromatic rings. The minimum Gasteiger partial charge on any atom is -0.351 e. The van der Waals surface area contributed by atoms with Crippen LogP contribution in [0, 0.1) is 0 Å². The van der Waals surface area contributed by atoms with E-state index in [2.05, 4.69) is 0 Å². The number of rotatable bonds is 4. The predicted octanol–water partition coefficient (Wildman–Crippen LogP) is 0.204. The van der Waals surface area contributed by atoms with E-state index in [0.717, 1.165) is 12.0 Å². The van der Waals surface area contributed by atoms with Crippen LogP contribution < -0.4 is 5.73 Å². The number of urea groups is 1. The molecule has 0 spiro atoms. The van der Waals surface area contributed by atoms with E-state index < -0.39 is 22.1 Å². The molecule has 0 radical (unpaired) electrons. The molecule has 2 N–H and O–H groups in total. The van der Waals surface area contributed by atoms with Crippen LogP contribution >= 0.6 is 0 Å². The first-order valence-electron chi connectivity index (χ1n) is 8.75. The molecule has 2 saturated heterocycles. The molecule has 3 rings (SSSR count). The van der Waals surface area contributed by atoms with Crippen LogP contribution in [0.3, 0.4) is 0 Å². The maximum absolute atomic E-state index is 12.7. The van der Waals surface area contributed by atoms with Crippen molar-refractivity contribution >= 4 is 22.0 Å². The van der Waals surface area contributed by atoms with Gasteiger partial charge in [0, 0.05) is 32.7 Å². The summed E-state index contributed by atoms with van der Waals surface area (Å²) in [5.41, 5.74) is 6.08. The Hall–Kier alpha value is -2.13. The number of hydrogen-bond donors (Lipinski definition) is 1. The Balaban J connectivity index is 1.58. The van der Waals surface area contributed by atoms with Gasteiger partial charge in [0.2, 0.25) is 15.9 Å². The second kappa shape index (κ2) is 7.63. The number of carbonyl (C=O) groups excluding carboxylic acids is 2. The molecule has 142 valence electrons. The third-order valence-corrected chi connectivity index (χ3v) is 6.81. The molecule has 0 aromatic heterocycles. The molecule has 2 aliphatic rings. The highest BCUT2D eigenvalue weighted by Crippen LogP contribution is 2.21. The third-order valence-electron chi connectivity index (χ3n) is 4.96. The Bertz CT molecular complexity index is 760. The number of amides is 3. The van der Waals surface area contributed by atoms with E-state index in [1.54, 1.807) is 17.0 Å². The summed E-state index contributed by atoms with van der Waals surface area (Å²) in [5.74, 6) is -0.179. The van der Waals surface area contributed by atoms with E-state index in [9.17, 15) is 18.0 Å². The molecule has 1 aromatic carbocycles. The zero-order valence-corrected chi connectivity index (χ0v) is 15.4. The van der Waals surface area contributed by atoms with Gasteiger partial charge in [0.15, 0.2) is 0 Å². The normalized spacial score (nSPS) is 21.8. The molecular formula is C17H24N4O4S. The van der Waals surface area contributed by atoms with Gasteiger partial charge in [-0.3, -0.25) is 4.79 Å². The van der Waals surface area contributed by atoms with Gasteiger partial charge in [0.25, 0.3) is 0 Å².